The summed E-state index contributed by atoms with van der Waals surface area (Å²) < 4.78 is 0. The Labute approximate surface area is 122 Å². The van der Waals surface area contributed by atoms with Crippen LogP contribution in [0.3, 0.4) is 0 Å². The van der Waals surface area contributed by atoms with E-state index < -0.39 is 0 Å². The molecular weight excluding hydrogens is 258 g/mol. The van der Waals surface area contributed by atoms with Crippen LogP contribution in [0.2, 0.25) is 5.02 Å². The van der Waals surface area contributed by atoms with Gasteiger partial charge in [-0.1, -0.05) is 57.2 Å². The Bertz CT molecular complexity index is 346. The predicted molar refractivity (Wildman–Crippen MR) is 82.7 cm³/mol. The van der Waals surface area contributed by atoms with Crippen molar-refractivity contribution in [3.63, 3.8) is 0 Å². The van der Waals surface area contributed by atoms with E-state index in [4.69, 9.17) is 11.6 Å². The third kappa shape index (κ3) is 6.84. The van der Waals surface area contributed by atoms with Crippen LogP contribution in [-0.2, 0) is 6.54 Å². The van der Waals surface area contributed by atoms with E-state index in [0.29, 0.717) is 11.6 Å². The third-order valence-corrected chi connectivity index (χ3v) is 3.64. The van der Waals surface area contributed by atoms with E-state index >= 15 is 0 Å². The predicted octanol–water partition coefficient (Wildman–Crippen LogP) is 4.74. The number of rotatable bonds is 9. The van der Waals surface area contributed by atoms with Crippen LogP contribution < -0.4 is 5.32 Å². The van der Waals surface area contributed by atoms with Gasteiger partial charge in [-0.2, -0.15) is 0 Å². The molecule has 0 radical (unpaired) electrons. The maximum atomic E-state index is 9.69. The molecule has 1 aromatic rings. The Kier molecular flexibility index (Phi) is 7.92. The van der Waals surface area contributed by atoms with Gasteiger partial charge in [-0.3, -0.25) is 0 Å². The van der Waals surface area contributed by atoms with Gasteiger partial charge in [0.25, 0.3) is 0 Å². The van der Waals surface area contributed by atoms with Gasteiger partial charge in [-0.25, -0.2) is 0 Å². The Morgan fingerprint density at radius 2 is 1.89 bits per heavy atom. The van der Waals surface area contributed by atoms with Crippen molar-refractivity contribution in [2.45, 2.75) is 52.5 Å². The van der Waals surface area contributed by atoms with Gasteiger partial charge in [0.1, 0.15) is 5.75 Å². The molecule has 19 heavy (non-hydrogen) atoms. The topological polar surface area (TPSA) is 32.3 Å². The average Bonchev–Trinajstić information content (AvgIpc) is 2.35. The van der Waals surface area contributed by atoms with Crippen molar-refractivity contribution in [1.82, 2.24) is 5.32 Å². The van der Waals surface area contributed by atoms with Crippen LogP contribution in [0.4, 0.5) is 0 Å². The highest BCUT2D eigenvalue weighted by Crippen LogP contribution is 2.24. The molecule has 0 aliphatic carbocycles. The second kappa shape index (κ2) is 9.22. The monoisotopic (exact) mass is 283 g/mol. The maximum absolute atomic E-state index is 9.69. The lowest BCUT2D eigenvalue weighted by Crippen LogP contribution is -2.15. The lowest BCUT2D eigenvalue weighted by molar-refractivity contribution is 0.463. The summed E-state index contributed by atoms with van der Waals surface area (Å²) in [5, 5.41) is 13.7. The Morgan fingerprint density at radius 1 is 1.16 bits per heavy atom. The number of benzene rings is 1. The molecule has 0 amide bonds. The third-order valence-electron chi connectivity index (χ3n) is 3.28. The molecule has 1 rings (SSSR count). The minimum absolute atomic E-state index is 0.275. The van der Waals surface area contributed by atoms with Gasteiger partial charge in [-0.05, 0) is 31.0 Å². The molecule has 0 fully saturated rings. The van der Waals surface area contributed by atoms with Crippen LogP contribution in [0.25, 0.3) is 0 Å². The molecule has 3 heteroatoms. The van der Waals surface area contributed by atoms with Gasteiger partial charge in [0, 0.05) is 17.1 Å². The highest BCUT2D eigenvalue weighted by molar-refractivity contribution is 6.31. The lowest BCUT2D eigenvalue weighted by atomic mass is 10.0. The van der Waals surface area contributed by atoms with Crippen LogP contribution >= 0.6 is 11.6 Å². The molecule has 1 aromatic carbocycles. The van der Waals surface area contributed by atoms with Gasteiger partial charge >= 0.3 is 0 Å². The first-order valence-electron chi connectivity index (χ1n) is 7.28. The second-order valence-corrected chi connectivity index (χ2v) is 5.92. The molecule has 108 valence electrons. The second-order valence-electron chi connectivity index (χ2n) is 5.51. The molecule has 0 saturated carbocycles. The maximum Gasteiger partial charge on any atom is 0.121 e. The fraction of sp³-hybridized carbons (Fsp3) is 0.625. The zero-order chi connectivity index (χ0) is 14.1. The van der Waals surface area contributed by atoms with Crippen LogP contribution in [0.5, 0.6) is 5.75 Å². The standard InChI is InChI=1S/C16H26ClNO/c1-13(2)8-5-3-4-6-11-18-12-14-15(17)9-7-10-16(14)19/h7,9-10,13,18-19H,3-6,8,11-12H2,1-2H3. The molecule has 0 aliphatic heterocycles. The summed E-state index contributed by atoms with van der Waals surface area (Å²) in [4.78, 5) is 0. The summed E-state index contributed by atoms with van der Waals surface area (Å²) in [6, 6.07) is 5.24. The number of phenolic OH excluding ortho intramolecular Hbond substituents is 1. The molecule has 0 atom stereocenters. The van der Waals surface area contributed by atoms with E-state index in [0.717, 1.165) is 18.0 Å². The molecule has 0 unspecified atom stereocenters. The fourth-order valence-corrected chi connectivity index (χ4v) is 2.33. The molecule has 0 heterocycles. The van der Waals surface area contributed by atoms with Crippen LogP contribution in [0, 0.1) is 5.92 Å². The van der Waals surface area contributed by atoms with Crippen LogP contribution in [0.1, 0.15) is 51.5 Å². The summed E-state index contributed by atoms with van der Waals surface area (Å²) in [6.45, 7) is 6.17. The highest BCUT2D eigenvalue weighted by atomic mass is 35.5. The molecule has 0 aromatic heterocycles. The quantitative estimate of drug-likeness (QED) is 0.642. The van der Waals surface area contributed by atoms with Crippen LogP contribution in [-0.4, -0.2) is 11.7 Å². The van der Waals surface area contributed by atoms with E-state index in [-0.39, 0.29) is 5.75 Å². The molecule has 2 N–H and O–H groups in total. The Balaban J connectivity index is 2.08. The van der Waals surface area contributed by atoms with Crippen molar-refractivity contribution in [2.75, 3.05) is 6.54 Å². The zero-order valence-electron chi connectivity index (χ0n) is 12.1. The summed E-state index contributed by atoms with van der Waals surface area (Å²) in [7, 11) is 0. The van der Waals surface area contributed by atoms with Gasteiger partial charge in [0.15, 0.2) is 0 Å². The van der Waals surface area contributed by atoms with Gasteiger partial charge in [0.05, 0.1) is 0 Å². The van der Waals surface area contributed by atoms with Crippen molar-refractivity contribution >= 4 is 11.6 Å². The normalized spacial score (nSPS) is 11.2. The molecular formula is C16H26ClNO. The number of aromatic hydroxyl groups is 1. The van der Waals surface area contributed by atoms with E-state index in [1.54, 1.807) is 12.1 Å². The summed E-state index contributed by atoms with van der Waals surface area (Å²) in [6.07, 6.45) is 6.44. The molecule has 0 spiro atoms. The lowest BCUT2D eigenvalue weighted by Gasteiger charge is -2.09. The van der Waals surface area contributed by atoms with E-state index in [1.807, 2.05) is 6.07 Å². The molecule has 0 saturated heterocycles. The molecule has 0 aliphatic rings. The highest BCUT2D eigenvalue weighted by Gasteiger charge is 2.04. The van der Waals surface area contributed by atoms with E-state index in [1.165, 1.54) is 32.1 Å². The van der Waals surface area contributed by atoms with Gasteiger partial charge in [-0.15, -0.1) is 0 Å². The number of halogens is 1. The SMILES string of the molecule is CC(C)CCCCCCNCc1c(O)cccc1Cl. The summed E-state index contributed by atoms with van der Waals surface area (Å²) >= 11 is 6.04. The number of unbranched alkanes of at least 4 members (excludes halogenated alkanes) is 3. The van der Waals surface area contributed by atoms with Crippen molar-refractivity contribution < 1.29 is 5.11 Å². The van der Waals surface area contributed by atoms with Crippen molar-refractivity contribution in [3.8, 4) is 5.75 Å². The minimum Gasteiger partial charge on any atom is -0.508 e. The average molecular weight is 284 g/mol. The Morgan fingerprint density at radius 3 is 2.58 bits per heavy atom. The first-order chi connectivity index (χ1) is 9.11. The number of phenols is 1. The summed E-state index contributed by atoms with van der Waals surface area (Å²) in [5.41, 5.74) is 0.795. The van der Waals surface area contributed by atoms with E-state index in [9.17, 15) is 5.11 Å². The van der Waals surface area contributed by atoms with Gasteiger partial charge < -0.3 is 10.4 Å². The number of hydrogen-bond acceptors (Lipinski definition) is 2. The fourth-order valence-electron chi connectivity index (χ4n) is 2.09. The van der Waals surface area contributed by atoms with Gasteiger partial charge in [0.2, 0.25) is 0 Å². The zero-order valence-corrected chi connectivity index (χ0v) is 12.8. The first-order valence-corrected chi connectivity index (χ1v) is 7.66. The van der Waals surface area contributed by atoms with Crippen molar-refractivity contribution in [3.05, 3.63) is 28.8 Å². The smallest absolute Gasteiger partial charge is 0.121 e. The first kappa shape index (κ1) is 16.3. The molecule has 0 bridgehead atoms. The number of nitrogens with one attached hydrogen (secondary N) is 1. The Hall–Kier alpha value is -0.730. The molecule has 2 nitrogen and oxygen atoms in total. The minimum atomic E-state index is 0.275. The number of hydrogen-bond donors (Lipinski definition) is 2. The van der Waals surface area contributed by atoms with Crippen LogP contribution in [0.15, 0.2) is 18.2 Å². The summed E-state index contributed by atoms with van der Waals surface area (Å²) in [5.74, 6) is 1.10. The largest absolute Gasteiger partial charge is 0.508 e. The van der Waals surface area contributed by atoms with E-state index in [2.05, 4.69) is 19.2 Å². The van der Waals surface area contributed by atoms with Crippen molar-refractivity contribution in [1.29, 1.82) is 0 Å². The van der Waals surface area contributed by atoms with Crippen molar-refractivity contribution in [2.24, 2.45) is 5.92 Å².